The van der Waals surface area contributed by atoms with Gasteiger partial charge >= 0.3 is 6.09 Å². The molecule has 1 rings (SSSR count). The van der Waals surface area contributed by atoms with Crippen molar-refractivity contribution in [1.29, 1.82) is 0 Å². The molecule has 1 aromatic carbocycles. The molecule has 4 heteroatoms. The van der Waals surface area contributed by atoms with Gasteiger partial charge in [0.15, 0.2) is 0 Å². The van der Waals surface area contributed by atoms with Crippen LogP contribution in [-0.2, 0) is 11.2 Å². The summed E-state index contributed by atoms with van der Waals surface area (Å²) in [4.78, 5) is 10.9. The molecule has 0 saturated heterocycles. The van der Waals surface area contributed by atoms with Gasteiger partial charge in [-0.2, -0.15) is 0 Å². The second-order valence-electron chi connectivity index (χ2n) is 3.14. The molecule has 82 valence electrons. The Balaban J connectivity index is 2.26. The first kappa shape index (κ1) is 11.4. The molecule has 1 amide bonds. The lowest BCUT2D eigenvalue weighted by molar-refractivity contribution is 0.152. The Morgan fingerprint density at radius 2 is 2.07 bits per heavy atom. The minimum atomic E-state index is -0.368. The van der Waals surface area contributed by atoms with E-state index >= 15 is 0 Å². The van der Waals surface area contributed by atoms with E-state index in [4.69, 9.17) is 10.5 Å². The second kappa shape index (κ2) is 5.90. The Morgan fingerprint density at radius 1 is 1.40 bits per heavy atom. The van der Waals surface area contributed by atoms with Crippen LogP contribution in [-0.4, -0.2) is 19.2 Å². The zero-order valence-electron chi connectivity index (χ0n) is 8.82. The van der Waals surface area contributed by atoms with Crippen LogP contribution in [0.5, 0.6) is 0 Å². The molecule has 0 heterocycles. The minimum Gasteiger partial charge on any atom is -0.450 e. The van der Waals surface area contributed by atoms with Gasteiger partial charge in [0, 0.05) is 12.2 Å². The van der Waals surface area contributed by atoms with Crippen LogP contribution in [0.2, 0.25) is 0 Å². The number of amides is 1. The predicted octanol–water partition coefficient (Wildman–Crippen LogP) is 1.56. The van der Waals surface area contributed by atoms with Gasteiger partial charge in [-0.05, 0) is 31.0 Å². The molecular weight excluding hydrogens is 192 g/mol. The molecule has 0 aliphatic rings. The smallest absolute Gasteiger partial charge is 0.407 e. The summed E-state index contributed by atoms with van der Waals surface area (Å²) in [6.07, 6.45) is 0.409. The number of alkyl carbamates (subject to hydrolysis) is 1. The number of hydrogen-bond acceptors (Lipinski definition) is 3. The van der Waals surface area contributed by atoms with E-state index in [-0.39, 0.29) is 6.09 Å². The van der Waals surface area contributed by atoms with Crippen LogP contribution in [0.15, 0.2) is 24.3 Å². The molecule has 0 aliphatic heterocycles. The summed E-state index contributed by atoms with van der Waals surface area (Å²) < 4.78 is 4.73. The van der Waals surface area contributed by atoms with Gasteiger partial charge in [0.25, 0.3) is 0 Å². The van der Waals surface area contributed by atoms with Crippen molar-refractivity contribution in [3.05, 3.63) is 29.8 Å². The van der Waals surface area contributed by atoms with E-state index in [0.29, 0.717) is 13.2 Å². The fourth-order valence-electron chi connectivity index (χ4n) is 1.18. The van der Waals surface area contributed by atoms with Crippen molar-refractivity contribution in [3.63, 3.8) is 0 Å². The van der Waals surface area contributed by atoms with Crippen molar-refractivity contribution in [2.24, 2.45) is 0 Å². The van der Waals surface area contributed by atoms with Gasteiger partial charge in [0.05, 0.1) is 6.61 Å². The number of ether oxygens (including phenoxy) is 1. The third kappa shape index (κ3) is 4.35. The van der Waals surface area contributed by atoms with Gasteiger partial charge < -0.3 is 15.8 Å². The Kier molecular flexibility index (Phi) is 4.47. The van der Waals surface area contributed by atoms with Gasteiger partial charge in [-0.3, -0.25) is 0 Å². The van der Waals surface area contributed by atoms with Gasteiger partial charge in [-0.1, -0.05) is 12.1 Å². The Hall–Kier alpha value is -1.71. The molecule has 0 unspecified atom stereocenters. The largest absolute Gasteiger partial charge is 0.450 e. The molecule has 4 nitrogen and oxygen atoms in total. The summed E-state index contributed by atoms with van der Waals surface area (Å²) in [7, 11) is 0. The zero-order valence-corrected chi connectivity index (χ0v) is 8.82. The van der Waals surface area contributed by atoms with Gasteiger partial charge in [-0.15, -0.1) is 0 Å². The van der Waals surface area contributed by atoms with Crippen molar-refractivity contribution < 1.29 is 9.53 Å². The quantitative estimate of drug-likeness (QED) is 0.738. The van der Waals surface area contributed by atoms with E-state index in [0.717, 1.165) is 17.7 Å². The number of nitrogens with two attached hydrogens (primary N) is 1. The highest BCUT2D eigenvalue weighted by Gasteiger charge is 1.99. The number of carbonyl (C=O) groups is 1. The number of rotatable bonds is 4. The highest BCUT2D eigenvalue weighted by atomic mass is 16.5. The molecule has 0 bridgehead atoms. The summed E-state index contributed by atoms with van der Waals surface area (Å²) in [6.45, 7) is 2.75. The number of hydrogen-bond donors (Lipinski definition) is 2. The topological polar surface area (TPSA) is 64.3 Å². The first-order valence-electron chi connectivity index (χ1n) is 4.97. The monoisotopic (exact) mass is 208 g/mol. The van der Waals surface area contributed by atoms with Crippen molar-refractivity contribution >= 4 is 11.8 Å². The fourth-order valence-corrected chi connectivity index (χ4v) is 1.18. The maximum atomic E-state index is 10.9. The SMILES string of the molecule is CCOC(=O)NCCc1ccc(N)cc1. The van der Waals surface area contributed by atoms with Crippen LogP contribution in [0.25, 0.3) is 0 Å². The molecule has 15 heavy (non-hydrogen) atoms. The number of carbonyl (C=O) groups excluding carboxylic acids is 1. The molecule has 3 N–H and O–H groups in total. The van der Waals surface area contributed by atoms with E-state index in [9.17, 15) is 4.79 Å². The van der Waals surface area contributed by atoms with E-state index in [1.54, 1.807) is 6.92 Å². The summed E-state index contributed by atoms with van der Waals surface area (Å²) >= 11 is 0. The summed E-state index contributed by atoms with van der Waals surface area (Å²) in [5, 5.41) is 2.65. The van der Waals surface area contributed by atoms with E-state index in [1.165, 1.54) is 0 Å². The molecular formula is C11H16N2O2. The van der Waals surface area contributed by atoms with Crippen LogP contribution >= 0.6 is 0 Å². The van der Waals surface area contributed by atoms with E-state index in [1.807, 2.05) is 24.3 Å². The van der Waals surface area contributed by atoms with Crippen LogP contribution in [0.4, 0.5) is 10.5 Å². The Labute approximate surface area is 89.4 Å². The first-order chi connectivity index (χ1) is 7.22. The van der Waals surface area contributed by atoms with Crippen molar-refractivity contribution in [3.8, 4) is 0 Å². The lowest BCUT2D eigenvalue weighted by atomic mass is 10.1. The van der Waals surface area contributed by atoms with Crippen LogP contribution in [0, 0.1) is 0 Å². The average Bonchev–Trinajstić information content (AvgIpc) is 2.21. The average molecular weight is 208 g/mol. The van der Waals surface area contributed by atoms with Gasteiger partial charge in [0.2, 0.25) is 0 Å². The summed E-state index contributed by atoms with van der Waals surface area (Å²) in [5.74, 6) is 0. The molecule has 0 fully saturated rings. The lowest BCUT2D eigenvalue weighted by Gasteiger charge is -2.05. The Morgan fingerprint density at radius 3 is 2.67 bits per heavy atom. The van der Waals surface area contributed by atoms with Crippen LogP contribution in [0.1, 0.15) is 12.5 Å². The first-order valence-corrected chi connectivity index (χ1v) is 4.97. The van der Waals surface area contributed by atoms with E-state index in [2.05, 4.69) is 5.32 Å². The molecule has 0 spiro atoms. The molecule has 0 radical (unpaired) electrons. The zero-order chi connectivity index (χ0) is 11.1. The van der Waals surface area contributed by atoms with E-state index < -0.39 is 0 Å². The van der Waals surface area contributed by atoms with Crippen molar-refractivity contribution in [2.45, 2.75) is 13.3 Å². The standard InChI is InChI=1S/C11H16N2O2/c1-2-15-11(14)13-8-7-9-3-5-10(12)6-4-9/h3-6H,2,7-8,12H2,1H3,(H,13,14). The number of benzene rings is 1. The third-order valence-corrected chi connectivity index (χ3v) is 1.94. The number of anilines is 1. The van der Waals surface area contributed by atoms with Gasteiger partial charge in [-0.25, -0.2) is 4.79 Å². The van der Waals surface area contributed by atoms with Gasteiger partial charge in [0.1, 0.15) is 0 Å². The molecule has 0 saturated carbocycles. The number of nitrogens with one attached hydrogen (secondary N) is 1. The maximum Gasteiger partial charge on any atom is 0.407 e. The third-order valence-electron chi connectivity index (χ3n) is 1.94. The molecule has 0 aromatic heterocycles. The number of nitrogen functional groups attached to an aromatic ring is 1. The molecule has 0 aliphatic carbocycles. The summed E-state index contributed by atoms with van der Waals surface area (Å²) in [6, 6.07) is 7.59. The maximum absolute atomic E-state index is 10.9. The molecule has 1 aromatic rings. The van der Waals surface area contributed by atoms with Crippen LogP contribution in [0.3, 0.4) is 0 Å². The lowest BCUT2D eigenvalue weighted by Crippen LogP contribution is -2.26. The highest BCUT2D eigenvalue weighted by molar-refractivity contribution is 5.67. The normalized spacial score (nSPS) is 9.67. The fraction of sp³-hybridized carbons (Fsp3) is 0.364. The minimum absolute atomic E-state index is 0.368. The second-order valence-corrected chi connectivity index (χ2v) is 3.14. The molecule has 0 atom stereocenters. The van der Waals surface area contributed by atoms with Crippen molar-refractivity contribution in [1.82, 2.24) is 5.32 Å². The highest BCUT2D eigenvalue weighted by Crippen LogP contribution is 2.05. The Bertz CT molecular complexity index is 309. The summed E-state index contributed by atoms with van der Waals surface area (Å²) in [5.41, 5.74) is 7.44. The van der Waals surface area contributed by atoms with Crippen molar-refractivity contribution in [2.75, 3.05) is 18.9 Å². The van der Waals surface area contributed by atoms with Crippen LogP contribution < -0.4 is 11.1 Å². The predicted molar refractivity (Wildman–Crippen MR) is 59.6 cm³/mol.